The van der Waals surface area contributed by atoms with Gasteiger partial charge < -0.3 is 14.8 Å². The lowest BCUT2D eigenvalue weighted by Gasteiger charge is -2.23. The molecule has 0 amide bonds. The van der Waals surface area contributed by atoms with Crippen LogP contribution in [-0.2, 0) is 11.3 Å². The fourth-order valence-corrected chi connectivity index (χ4v) is 2.45. The molecule has 1 heterocycles. The second-order valence-corrected chi connectivity index (χ2v) is 5.17. The number of nitrogens with one attached hydrogen (secondary N) is 1. The second-order valence-electron chi connectivity index (χ2n) is 4.25. The molecule has 94 valence electrons. The maximum atomic E-state index is 5.45. The normalized spacial score (nSPS) is 20.2. The van der Waals surface area contributed by atoms with E-state index >= 15 is 0 Å². The summed E-state index contributed by atoms with van der Waals surface area (Å²) < 4.78 is 11.9. The van der Waals surface area contributed by atoms with Crippen molar-refractivity contribution in [3.8, 4) is 5.75 Å². The molecule has 0 radical (unpaired) electrons. The summed E-state index contributed by atoms with van der Waals surface area (Å²) in [7, 11) is 1.70. The van der Waals surface area contributed by atoms with Crippen LogP contribution in [0, 0.1) is 0 Å². The molecule has 1 atom stereocenters. The lowest BCUT2D eigenvalue weighted by atomic mass is 10.1. The lowest BCUT2D eigenvalue weighted by Crippen LogP contribution is -2.36. The zero-order chi connectivity index (χ0) is 12.1. The van der Waals surface area contributed by atoms with Crippen LogP contribution in [0.5, 0.6) is 5.75 Å². The lowest BCUT2D eigenvalue weighted by molar-refractivity contribution is 0.0699. The zero-order valence-corrected chi connectivity index (χ0v) is 11.6. The average molecular weight is 300 g/mol. The molecule has 1 fully saturated rings. The van der Waals surface area contributed by atoms with E-state index in [4.69, 9.17) is 9.47 Å². The average Bonchev–Trinajstić information content (AvgIpc) is 2.38. The van der Waals surface area contributed by atoms with Crippen molar-refractivity contribution < 1.29 is 9.47 Å². The molecule has 3 nitrogen and oxygen atoms in total. The van der Waals surface area contributed by atoms with Gasteiger partial charge in [0.2, 0.25) is 0 Å². The number of methoxy groups -OCH3 is 1. The Morgan fingerprint density at radius 1 is 1.53 bits per heavy atom. The number of ether oxygens (including phenoxy) is 2. The molecule has 1 aromatic carbocycles. The smallest absolute Gasteiger partial charge is 0.123 e. The minimum atomic E-state index is 0.465. The maximum absolute atomic E-state index is 5.45. The van der Waals surface area contributed by atoms with Crippen molar-refractivity contribution in [1.82, 2.24) is 5.32 Å². The van der Waals surface area contributed by atoms with Crippen molar-refractivity contribution in [3.63, 3.8) is 0 Å². The van der Waals surface area contributed by atoms with Crippen molar-refractivity contribution in [2.24, 2.45) is 0 Å². The van der Waals surface area contributed by atoms with Crippen LogP contribution in [0.25, 0.3) is 0 Å². The van der Waals surface area contributed by atoms with Gasteiger partial charge in [-0.25, -0.2) is 0 Å². The van der Waals surface area contributed by atoms with Crippen molar-refractivity contribution in [1.29, 1.82) is 0 Å². The fourth-order valence-electron chi connectivity index (χ4n) is 2.04. The van der Waals surface area contributed by atoms with Crippen LogP contribution in [0.1, 0.15) is 18.4 Å². The summed E-state index contributed by atoms with van der Waals surface area (Å²) in [6.45, 7) is 2.53. The molecule has 0 unspecified atom stereocenters. The molecular formula is C13H18BrNO2. The quantitative estimate of drug-likeness (QED) is 0.927. The van der Waals surface area contributed by atoms with Crippen LogP contribution in [0.4, 0.5) is 0 Å². The van der Waals surface area contributed by atoms with Gasteiger partial charge in [0.1, 0.15) is 5.75 Å². The molecule has 17 heavy (non-hydrogen) atoms. The monoisotopic (exact) mass is 299 g/mol. The third-order valence-corrected chi connectivity index (χ3v) is 3.48. The van der Waals surface area contributed by atoms with Gasteiger partial charge in [-0.3, -0.25) is 0 Å². The Morgan fingerprint density at radius 2 is 2.41 bits per heavy atom. The number of hydrogen-bond acceptors (Lipinski definition) is 3. The van der Waals surface area contributed by atoms with E-state index in [0.29, 0.717) is 6.04 Å². The molecule has 0 spiro atoms. The Bertz CT molecular complexity index is 364. The highest BCUT2D eigenvalue weighted by molar-refractivity contribution is 9.10. The van der Waals surface area contributed by atoms with E-state index in [0.717, 1.165) is 36.4 Å². The molecule has 1 aliphatic heterocycles. The Labute approximate surface area is 111 Å². The number of rotatable bonds is 4. The third-order valence-electron chi connectivity index (χ3n) is 2.98. The van der Waals surface area contributed by atoms with Gasteiger partial charge in [-0.15, -0.1) is 0 Å². The van der Waals surface area contributed by atoms with Crippen molar-refractivity contribution >= 4 is 15.9 Å². The molecular weight excluding hydrogens is 282 g/mol. The second kappa shape index (κ2) is 6.38. The SMILES string of the molecule is COc1ccc(Br)cc1CN[C@@H]1CCCOC1. The van der Waals surface area contributed by atoms with Gasteiger partial charge in [0, 0.05) is 29.2 Å². The van der Waals surface area contributed by atoms with E-state index in [1.807, 2.05) is 12.1 Å². The van der Waals surface area contributed by atoms with Gasteiger partial charge in [0.25, 0.3) is 0 Å². The predicted molar refractivity (Wildman–Crippen MR) is 71.4 cm³/mol. The first kappa shape index (κ1) is 12.9. The van der Waals surface area contributed by atoms with Gasteiger partial charge in [-0.05, 0) is 31.0 Å². The minimum absolute atomic E-state index is 0.465. The number of hydrogen-bond donors (Lipinski definition) is 1. The van der Waals surface area contributed by atoms with E-state index in [1.165, 1.54) is 12.0 Å². The van der Waals surface area contributed by atoms with Crippen LogP contribution in [0.3, 0.4) is 0 Å². The van der Waals surface area contributed by atoms with Gasteiger partial charge in [-0.2, -0.15) is 0 Å². The van der Waals surface area contributed by atoms with E-state index < -0.39 is 0 Å². The summed E-state index contributed by atoms with van der Waals surface area (Å²) in [4.78, 5) is 0. The summed E-state index contributed by atoms with van der Waals surface area (Å²) >= 11 is 3.48. The fraction of sp³-hybridized carbons (Fsp3) is 0.538. The summed E-state index contributed by atoms with van der Waals surface area (Å²) in [5.74, 6) is 0.928. The zero-order valence-electron chi connectivity index (χ0n) is 10.0. The highest BCUT2D eigenvalue weighted by Gasteiger charge is 2.13. The third kappa shape index (κ3) is 3.69. The van der Waals surface area contributed by atoms with Gasteiger partial charge in [0.15, 0.2) is 0 Å². The van der Waals surface area contributed by atoms with E-state index in [9.17, 15) is 0 Å². The summed E-state index contributed by atoms with van der Waals surface area (Å²) in [6.07, 6.45) is 2.34. The molecule has 1 aliphatic rings. The topological polar surface area (TPSA) is 30.5 Å². The van der Waals surface area contributed by atoms with Crippen LogP contribution in [0.15, 0.2) is 22.7 Å². The van der Waals surface area contributed by atoms with Crippen LogP contribution in [-0.4, -0.2) is 26.4 Å². The highest BCUT2D eigenvalue weighted by Crippen LogP contribution is 2.23. The van der Waals surface area contributed by atoms with Crippen LogP contribution >= 0.6 is 15.9 Å². The number of benzene rings is 1. The largest absolute Gasteiger partial charge is 0.496 e. The molecule has 1 aromatic rings. The van der Waals surface area contributed by atoms with E-state index in [-0.39, 0.29) is 0 Å². The molecule has 1 N–H and O–H groups in total. The molecule has 0 saturated carbocycles. The molecule has 0 bridgehead atoms. The Kier molecular flexibility index (Phi) is 4.83. The van der Waals surface area contributed by atoms with Crippen LogP contribution in [0.2, 0.25) is 0 Å². The standard InChI is InChI=1S/C13H18BrNO2/c1-16-13-5-4-11(14)7-10(13)8-15-12-3-2-6-17-9-12/h4-5,7,12,15H,2-3,6,8-9H2,1H3/t12-/m1/s1. The molecule has 0 aliphatic carbocycles. The van der Waals surface area contributed by atoms with E-state index in [1.54, 1.807) is 7.11 Å². The minimum Gasteiger partial charge on any atom is -0.496 e. The maximum Gasteiger partial charge on any atom is 0.123 e. The van der Waals surface area contributed by atoms with Gasteiger partial charge >= 0.3 is 0 Å². The van der Waals surface area contributed by atoms with Crippen molar-refractivity contribution in [2.75, 3.05) is 20.3 Å². The first-order chi connectivity index (χ1) is 8.29. The first-order valence-electron chi connectivity index (χ1n) is 5.93. The summed E-state index contributed by atoms with van der Waals surface area (Å²) in [6, 6.07) is 6.53. The predicted octanol–water partition coefficient (Wildman–Crippen LogP) is 2.73. The molecule has 1 saturated heterocycles. The first-order valence-corrected chi connectivity index (χ1v) is 6.72. The Balaban J connectivity index is 1.95. The van der Waals surface area contributed by atoms with E-state index in [2.05, 4.69) is 27.3 Å². The van der Waals surface area contributed by atoms with Crippen LogP contribution < -0.4 is 10.1 Å². The molecule has 0 aromatic heterocycles. The highest BCUT2D eigenvalue weighted by atomic mass is 79.9. The van der Waals surface area contributed by atoms with Gasteiger partial charge in [-0.1, -0.05) is 15.9 Å². The Morgan fingerprint density at radius 3 is 3.12 bits per heavy atom. The summed E-state index contributed by atoms with van der Waals surface area (Å²) in [5, 5.41) is 3.51. The van der Waals surface area contributed by atoms with Gasteiger partial charge in [0.05, 0.1) is 13.7 Å². The Hall–Kier alpha value is -0.580. The van der Waals surface area contributed by atoms with Crippen molar-refractivity contribution in [3.05, 3.63) is 28.2 Å². The molecule has 4 heteroatoms. The number of halogens is 1. The van der Waals surface area contributed by atoms with Crippen molar-refractivity contribution in [2.45, 2.75) is 25.4 Å². The molecule has 2 rings (SSSR count). The summed E-state index contributed by atoms with van der Waals surface area (Å²) in [5.41, 5.74) is 1.17.